The molecule has 0 fully saturated rings. The number of Topliss-reactive ketones (excluding diaryl/α,β-unsaturated/α-hetero) is 2. The van der Waals surface area contributed by atoms with E-state index < -0.39 is 5.41 Å². The van der Waals surface area contributed by atoms with Gasteiger partial charge in [-0.15, -0.1) is 0 Å². The lowest BCUT2D eigenvalue weighted by Gasteiger charge is -2.35. The molecule has 0 saturated carbocycles. The third kappa shape index (κ3) is 3.23. The molecular formula is C24H22O2. The minimum absolute atomic E-state index is 0.135. The van der Waals surface area contributed by atoms with Crippen molar-refractivity contribution in [3.8, 4) is 0 Å². The van der Waals surface area contributed by atoms with E-state index >= 15 is 0 Å². The monoisotopic (exact) mass is 342 g/mol. The quantitative estimate of drug-likeness (QED) is 0.450. The van der Waals surface area contributed by atoms with E-state index in [1.165, 1.54) is 6.92 Å². The molecule has 0 radical (unpaired) electrons. The van der Waals surface area contributed by atoms with Gasteiger partial charge in [0.15, 0.2) is 5.78 Å². The maximum atomic E-state index is 13.5. The van der Waals surface area contributed by atoms with Crippen molar-refractivity contribution in [3.05, 3.63) is 108 Å². The summed E-state index contributed by atoms with van der Waals surface area (Å²) in [6, 6.07) is 28.7. The third-order valence-electron chi connectivity index (χ3n) is 5.08. The van der Waals surface area contributed by atoms with Crippen molar-refractivity contribution in [1.29, 1.82) is 0 Å². The van der Waals surface area contributed by atoms with Crippen LogP contribution in [0.2, 0.25) is 0 Å². The predicted octanol–water partition coefficient (Wildman–Crippen LogP) is 5.30. The summed E-state index contributed by atoms with van der Waals surface area (Å²) in [5.41, 5.74) is 1.28. The Labute approximate surface area is 154 Å². The Kier molecular flexibility index (Phi) is 5.13. The van der Waals surface area contributed by atoms with E-state index in [0.29, 0.717) is 5.56 Å². The summed E-state index contributed by atoms with van der Waals surface area (Å²) >= 11 is 0. The van der Waals surface area contributed by atoms with Gasteiger partial charge >= 0.3 is 0 Å². The molecule has 3 aromatic rings. The number of benzene rings is 3. The fourth-order valence-electron chi connectivity index (χ4n) is 3.53. The highest BCUT2D eigenvalue weighted by atomic mass is 16.2. The maximum absolute atomic E-state index is 13.5. The summed E-state index contributed by atoms with van der Waals surface area (Å²) in [5.74, 6) is -0.637. The smallest absolute Gasteiger partial charge is 0.177 e. The molecule has 0 spiro atoms. The number of carbonyl (C=O) groups is 2. The molecule has 0 aliphatic carbocycles. The molecule has 3 rings (SSSR count). The van der Waals surface area contributed by atoms with E-state index in [4.69, 9.17) is 0 Å². The van der Waals surface area contributed by atoms with Crippen LogP contribution in [0, 0.1) is 5.41 Å². The number of carbonyl (C=O) groups excluding carboxylic acids is 2. The zero-order valence-electron chi connectivity index (χ0n) is 15.1. The van der Waals surface area contributed by atoms with Crippen LogP contribution >= 0.6 is 0 Å². The fourth-order valence-corrected chi connectivity index (χ4v) is 3.53. The SMILES string of the molecule is CC(=O)C(C)(C(=O)c1ccccc1)C(c1ccccc1)c1ccccc1. The summed E-state index contributed by atoms with van der Waals surface area (Å²) in [6.07, 6.45) is 0. The Morgan fingerprint density at radius 3 is 1.46 bits per heavy atom. The van der Waals surface area contributed by atoms with Gasteiger partial charge in [-0.3, -0.25) is 9.59 Å². The van der Waals surface area contributed by atoms with E-state index in [1.54, 1.807) is 19.1 Å². The first kappa shape index (κ1) is 17.8. The molecule has 0 aromatic heterocycles. The summed E-state index contributed by atoms with van der Waals surface area (Å²) in [7, 11) is 0. The lowest BCUT2D eigenvalue weighted by molar-refractivity contribution is -0.124. The van der Waals surface area contributed by atoms with E-state index in [1.807, 2.05) is 78.9 Å². The van der Waals surface area contributed by atoms with Gasteiger partial charge in [0.05, 0.1) is 5.41 Å². The number of ketones is 2. The highest BCUT2D eigenvalue weighted by Crippen LogP contribution is 2.44. The van der Waals surface area contributed by atoms with Crippen molar-refractivity contribution >= 4 is 11.6 Å². The van der Waals surface area contributed by atoms with Crippen molar-refractivity contribution in [1.82, 2.24) is 0 Å². The van der Waals surface area contributed by atoms with Crippen molar-refractivity contribution in [3.63, 3.8) is 0 Å². The van der Waals surface area contributed by atoms with Crippen LogP contribution in [-0.2, 0) is 4.79 Å². The Bertz CT molecular complexity index is 846. The second-order valence-electron chi connectivity index (χ2n) is 6.71. The molecule has 2 nitrogen and oxygen atoms in total. The normalized spacial score (nSPS) is 13.2. The first-order chi connectivity index (χ1) is 12.5. The van der Waals surface area contributed by atoms with Crippen LogP contribution in [-0.4, -0.2) is 11.6 Å². The van der Waals surface area contributed by atoms with Crippen LogP contribution in [0.3, 0.4) is 0 Å². The molecule has 0 amide bonds. The first-order valence-electron chi connectivity index (χ1n) is 8.76. The van der Waals surface area contributed by atoms with Gasteiger partial charge in [0, 0.05) is 11.5 Å². The average Bonchev–Trinajstić information content (AvgIpc) is 2.69. The predicted molar refractivity (Wildman–Crippen MR) is 104 cm³/mol. The molecule has 0 heterocycles. The molecular weight excluding hydrogens is 320 g/mol. The molecule has 0 N–H and O–H groups in total. The topological polar surface area (TPSA) is 34.1 Å². The first-order valence-corrected chi connectivity index (χ1v) is 8.76. The van der Waals surface area contributed by atoms with Crippen LogP contribution in [0.5, 0.6) is 0 Å². The molecule has 3 aromatic carbocycles. The minimum Gasteiger partial charge on any atom is -0.299 e. The van der Waals surface area contributed by atoms with Gasteiger partial charge in [-0.25, -0.2) is 0 Å². The van der Waals surface area contributed by atoms with Gasteiger partial charge in [0.25, 0.3) is 0 Å². The molecule has 26 heavy (non-hydrogen) atoms. The number of hydrogen-bond donors (Lipinski definition) is 0. The highest BCUT2D eigenvalue weighted by molar-refractivity contribution is 6.14. The van der Waals surface area contributed by atoms with Crippen LogP contribution in [0.15, 0.2) is 91.0 Å². The summed E-state index contributed by atoms with van der Waals surface area (Å²) in [5, 5.41) is 0. The molecule has 0 aliphatic heterocycles. The Hall–Kier alpha value is -3.00. The van der Waals surface area contributed by atoms with Crippen LogP contribution in [0.4, 0.5) is 0 Å². The zero-order chi connectivity index (χ0) is 18.6. The van der Waals surface area contributed by atoms with Crippen molar-refractivity contribution in [2.75, 3.05) is 0 Å². The summed E-state index contributed by atoms with van der Waals surface area (Å²) in [4.78, 5) is 26.3. The largest absolute Gasteiger partial charge is 0.299 e. The van der Waals surface area contributed by atoms with Gasteiger partial charge in [0.1, 0.15) is 5.78 Å². The molecule has 1 atom stereocenters. The van der Waals surface area contributed by atoms with Crippen molar-refractivity contribution in [2.45, 2.75) is 19.8 Å². The number of hydrogen-bond acceptors (Lipinski definition) is 2. The number of rotatable bonds is 6. The molecule has 130 valence electrons. The van der Waals surface area contributed by atoms with Crippen molar-refractivity contribution in [2.24, 2.45) is 5.41 Å². The van der Waals surface area contributed by atoms with E-state index in [0.717, 1.165) is 11.1 Å². The van der Waals surface area contributed by atoms with Crippen LogP contribution in [0.25, 0.3) is 0 Å². The Balaban J connectivity index is 2.21. The van der Waals surface area contributed by atoms with Gasteiger partial charge in [-0.2, -0.15) is 0 Å². The molecule has 0 bridgehead atoms. The fraction of sp³-hybridized carbons (Fsp3) is 0.167. The summed E-state index contributed by atoms with van der Waals surface area (Å²) < 4.78 is 0. The van der Waals surface area contributed by atoms with Crippen LogP contribution < -0.4 is 0 Å². The standard InChI is InChI=1S/C24H22O2/c1-18(25)24(2,23(26)21-16-10-5-11-17-21)22(19-12-6-3-7-13-19)20-14-8-4-9-15-20/h3-17,22H,1-2H3. The van der Waals surface area contributed by atoms with E-state index in [-0.39, 0.29) is 17.5 Å². The minimum atomic E-state index is -1.19. The molecule has 1 unspecified atom stereocenters. The summed E-state index contributed by atoms with van der Waals surface area (Å²) in [6.45, 7) is 3.29. The maximum Gasteiger partial charge on any atom is 0.177 e. The average molecular weight is 342 g/mol. The highest BCUT2D eigenvalue weighted by Gasteiger charge is 2.47. The lowest BCUT2D eigenvalue weighted by Crippen LogP contribution is -2.41. The molecule has 0 aliphatic rings. The third-order valence-corrected chi connectivity index (χ3v) is 5.08. The van der Waals surface area contributed by atoms with Crippen molar-refractivity contribution < 1.29 is 9.59 Å². The van der Waals surface area contributed by atoms with Gasteiger partial charge in [-0.05, 0) is 25.0 Å². The Morgan fingerprint density at radius 1 is 0.692 bits per heavy atom. The Morgan fingerprint density at radius 2 is 1.08 bits per heavy atom. The van der Waals surface area contributed by atoms with Crippen LogP contribution in [0.1, 0.15) is 41.3 Å². The van der Waals surface area contributed by atoms with Gasteiger partial charge in [0.2, 0.25) is 0 Å². The van der Waals surface area contributed by atoms with E-state index in [9.17, 15) is 9.59 Å². The molecule has 2 heteroatoms. The molecule has 0 saturated heterocycles. The van der Waals surface area contributed by atoms with Gasteiger partial charge < -0.3 is 0 Å². The lowest BCUT2D eigenvalue weighted by atomic mass is 9.64. The van der Waals surface area contributed by atoms with E-state index in [2.05, 4.69) is 0 Å². The second kappa shape index (κ2) is 7.49. The second-order valence-corrected chi connectivity index (χ2v) is 6.71. The zero-order valence-corrected chi connectivity index (χ0v) is 15.1. The van der Waals surface area contributed by atoms with Gasteiger partial charge in [-0.1, -0.05) is 91.0 Å².